The highest BCUT2D eigenvalue weighted by Crippen LogP contribution is 2.35. The molecule has 0 aliphatic rings. The number of hydrogen-bond donors (Lipinski definition) is 1. The van der Waals surface area contributed by atoms with Crippen LogP contribution in [0.2, 0.25) is 0 Å². The van der Waals surface area contributed by atoms with Crippen LogP contribution in [0.5, 0.6) is 5.75 Å². The maximum Gasteiger partial charge on any atom is 0.181 e. The molecule has 3 aromatic heterocycles. The topological polar surface area (TPSA) is 59.9 Å². The molecule has 5 nitrogen and oxygen atoms in total. The summed E-state index contributed by atoms with van der Waals surface area (Å²) in [7, 11) is 1.65. The lowest BCUT2D eigenvalue weighted by atomic mass is 10.1. The smallest absolute Gasteiger partial charge is 0.181 e. The van der Waals surface area contributed by atoms with E-state index < -0.39 is 0 Å². The highest BCUT2D eigenvalue weighted by atomic mass is 16.5. The van der Waals surface area contributed by atoms with Crippen LogP contribution in [0.25, 0.3) is 28.4 Å². The molecule has 120 valence electrons. The first-order valence-corrected chi connectivity index (χ1v) is 7.62. The zero-order chi connectivity index (χ0) is 16.5. The SMILES string of the molecule is COc1ccccc1-c1nc(-c2ccc(CO)o2)n2ccccc12. The monoisotopic (exact) mass is 320 g/mol. The van der Waals surface area contributed by atoms with Gasteiger partial charge in [-0.3, -0.25) is 4.40 Å². The summed E-state index contributed by atoms with van der Waals surface area (Å²) in [4.78, 5) is 4.79. The number of para-hydroxylation sites is 1. The van der Waals surface area contributed by atoms with E-state index in [0.29, 0.717) is 17.3 Å². The Labute approximate surface area is 138 Å². The van der Waals surface area contributed by atoms with Crippen molar-refractivity contribution in [2.45, 2.75) is 6.61 Å². The summed E-state index contributed by atoms with van der Waals surface area (Å²) in [5.41, 5.74) is 2.70. The minimum absolute atomic E-state index is 0.136. The molecule has 0 atom stereocenters. The van der Waals surface area contributed by atoms with E-state index >= 15 is 0 Å². The van der Waals surface area contributed by atoms with Crippen LogP contribution in [0.4, 0.5) is 0 Å². The molecule has 0 saturated carbocycles. The largest absolute Gasteiger partial charge is 0.496 e. The molecule has 0 saturated heterocycles. The second-order valence-electron chi connectivity index (χ2n) is 5.36. The number of ether oxygens (including phenoxy) is 1. The normalized spacial score (nSPS) is 11.1. The number of fused-ring (bicyclic) bond motifs is 1. The van der Waals surface area contributed by atoms with Crippen molar-refractivity contribution < 1.29 is 14.3 Å². The molecule has 0 aliphatic carbocycles. The first kappa shape index (κ1) is 14.5. The fraction of sp³-hybridized carbons (Fsp3) is 0.105. The summed E-state index contributed by atoms with van der Waals surface area (Å²) in [5.74, 6) is 2.58. The predicted molar refractivity (Wildman–Crippen MR) is 90.8 cm³/mol. The van der Waals surface area contributed by atoms with Crippen LogP contribution in [-0.4, -0.2) is 21.6 Å². The highest BCUT2D eigenvalue weighted by molar-refractivity contribution is 5.83. The van der Waals surface area contributed by atoms with Crippen LogP contribution in [0.1, 0.15) is 5.76 Å². The summed E-state index contributed by atoms with van der Waals surface area (Å²) in [6, 6.07) is 17.3. The van der Waals surface area contributed by atoms with Gasteiger partial charge in [-0.2, -0.15) is 0 Å². The number of imidazole rings is 1. The van der Waals surface area contributed by atoms with E-state index in [2.05, 4.69) is 0 Å². The molecule has 3 heterocycles. The third-order valence-corrected chi connectivity index (χ3v) is 3.95. The number of rotatable bonds is 4. The van der Waals surface area contributed by atoms with Gasteiger partial charge in [-0.1, -0.05) is 18.2 Å². The van der Waals surface area contributed by atoms with Crippen LogP contribution >= 0.6 is 0 Å². The minimum Gasteiger partial charge on any atom is -0.496 e. The number of nitrogens with zero attached hydrogens (tertiary/aromatic N) is 2. The molecule has 4 rings (SSSR count). The Balaban J connectivity index is 1.97. The van der Waals surface area contributed by atoms with Gasteiger partial charge in [0, 0.05) is 11.8 Å². The third-order valence-electron chi connectivity index (χ3n) is 3.95. The first-order chi connectivity index (χ1) is 11.8. The van der Waals surface area contributed by atoms with Crippen LogP contribution in [-0.2, 0) is 6.61 Å². The number of hydrogen-bond acceptors (Lipinski definition) is 4. The van der Waals surface area contributed by atoms with Crippen molar-refractivity contribution in [1.29, 1.82) is 0 Å². The van der Waals surface area contributed by atoms with Crippen molar-refractivity contribution in [3.63, 3.8) is 0 Å². The third kappa shape index (κ3) is 2.26. The number of aromatic nitrogens is 2. The van der Waals surface area contributed by atoms with Gasteiger partial charge in [0.1, 0.15) is 23.8 Å². The molecule has 0 aliphatic heterocycles. The molecule has 0 bridgehead atoms. The van der Waals surface area contributed by atoms with E-state index in [4.69, 9.17) is 14.1 Å². The van der Waals surface area contributed by atoms with E-state index in [0.717, 1.165) is 22.5 Å². The van der Waals surface area contributed by atoms with Gasteiger partial charge in [0.05, 0.1) is 12.6 Å². The van der Waals surface area contributed by atoms with E-state index in [1.165, 1.54) is 0 Å². The summed E-state index contributed by atoms with van der Waals surface area (Å²) in [5, 5.41) is 9.23. The second-order valence-corrected chi connectivity index (χ2v) is 5.36. The van der Waals surface area contributed by atoms with Crippen molar-refractivity contribution in [2.75, 3.05) is 7.11 Å². The Morgan fingerprint density at radius 2 is 1.92 bits per heavy atom. The van der Waals surface area contributed by atoms with Gasteiger partial charge in [0.25, 0.3) is 0 Å². The van der Waals surface area contributed by atoms with Gasteiger partial charge in [0.15, 0.2) is 11.6 Å². The van der Waals surface area contributed by atoms with Crippen molar-refractivity contribution >= 4 is 5.52 Å². The van der Waals surface area contributed by atoms with Gasteiger partial charge in [-0.05, 0) is 36.4 Å². The average molecular weight is 320 g/mol. The van der Waals surface area contributed by atoms with Gasteiger partial charge in [0.2, 0.25) is 0 Å². The molecule has 0 spiro atoms. The molecule has 0 fully saturated rings. The fourth-order valence-electron chi connectivity index (χ4n) is 2.83. The quantitative estimate of drug-likeness (QED) is 0.622. The Kier molecular flexibility index (Phi) is 3.55. The molecular weight excluding hydrogens is 304 g/mol. The van der Waals surface area contributed by atoms with Gasteiger partial charge in [-0.25, -0.2) is 4.98 Å². The lowest BCUT2D eigenvalue weighted by molar-refractivity contribution is 0.248. The number of aliphatic hydroxyl groups excluding tert-OH is 1. The van der Waals surface area contributed by atoms with E-state index in [1.807, 2.05) is 59.1 Å². The Morgan fingerprint density at radius 1 is 1.08 bits per heavy atom. The zero-order valence-corrected chi connectivity index (χ0v) is 13.1. The van der Waals surface area contributed by atoms with E-state index in [-0.39, 0.29) is 6.61 Å². The van der Waals surface area contributed by atoms with Crippen molar-refractivity contribution in [3.8, 4) is 28.6 Å². The summed E-state index contributed by atoms with van der Waals surface area (Å²) >= 11 is 0. The number of aliphatic hydroxyl groups is 1. The predicted octanol–water partition coefficient (Wildman–Crippen LogP) is 3.76. The lowest BCUT2D eigenvalue weighted by Crippen LogP contribution is -1.88. The zero-order valence-electron chi connectivity index (χ0n) is 13.1. The molecule has 1 aromatic carbocycles. The summed E-state index contributed by atoms with van der Waals surface area (Å²) in [6.45, 7) is -0.136. The Morgan fingerprint density at radius 3 is 2.71 bits per heavy atom. The Bertz CT molecular complexity index is 1000. The number of pyridine rings is 1. The molecule has 1 N–H and O–H groups in total. The number of benzene rings is 1. The van der Waals surface area contributed by atoms with Crippen molar-refractivity contribution in [2.24, 2.45) is 0 Å². The lowest BCUT2D eigenvalue weighted by Gasteiger charge is -2.05. The molecule has 0 amide bonds. The first-order valence-electron chi connectivity index (χ1n) is 7.62. The standard InChI is InChI=1S/C19H16N2O3/c1-23-16-8-3-2-6-14(16)18-15-7-4-5-11-21(15)19(20-18)17-10-9-13(12-22)24-17/h2-11,22H,12H2,1H3. The minimum atomic E-state index is -0.136. The molecular formula is C19H16N2O3. The van der Waals surface area contributed by atoms with E-state index in [1.54, 1.807) is 13.2 Å². The summed E-state index contributed by atoms with van der Waals surface area (Å²) < 4.78 is 13.1. The van der Waals surface area contributed by atoms with E-state index in [9.17, 15) is 5.11 Å². The maximum absolute atomic E-state index is 9.23. The Hall–Kier alpha value is -3.05. The maximum atomic E-state index is 9.23. The van der Waals surface area contributed by atoms with Gasteiger partial charge >= 0.3 is 0 Å². The van der Waals surface area contributed by atoms with Crippen LogP contribution < -0.4 is 4.74 Å². The van der Waals surface area contributed by atoms with Crippen LogP contribution in [0.3, 0.4) is 0 Å². The highest BCUT2D eigenvalue weighted by Gasteiger charge is 2.18. The van der Waals surface area contributed by atoms with Crippen molar-refractivity contribution in [3.05, 3.63) is 66.6 Å². The van der Waals surface area contributed by atoms with Crippen molar-refractivity contribution in [1.82, 2.24) is 9.38 Å². The average Bonchev–Trinajstić information content (AvgIpc) is 3.26. The molecule has 4 aromatic rings. The molecule has 0 unspecified atom stereocenters. The number of furan rings is 1. The van der Waals surface area contributed by atoms with Crippen LogP contribution in [0, 0.1) is 0 Å². The van der Waals surface area contributed by atoms with Gasteiger partial charge < -0.3 is 14.3 Å². The molecule has 24 heavy (non-hydrogen) atoms. The number of methoxy groups -OCH3 is 1. The molecule has 0 radical (unpaired) electrons. The van der Waals surface area contributed by atoms with Crippen LogP contribution in [0.15, 0.2) is 65.2 Å². The summed E-state index contributed by atoms with van der Waals surface area (Å²) in [6.07, 6.45) is 1.94. The van der Waals surface area contributed by atoms with Gasteiger partial charge in [-0.15, -0.1) is 0 Å². The fourth-order valence-corrected chi connectivity index (χ4v) is 2.83. The molecule has 5 heteroatoms. The second kappa shape index (κ2) is 5.86.